The van der Waals surface area contributed by atoms with Crippen LogP contribution in [0.25, 0.3) is 10.9 Å². The Hall–Kier alpha value is -2.49. The van der Waals surface area contributed by atoms with Crippen molar-refractivity contribution < 1.29 is 9.21 Å². The summed E-state index contributed by atoms with van der Waals surface area (Å²) in [6.45, 7) is 6.47. The van der Waals surface area contributed by atoms with Gasteiger partial charge < -0.3 is 14.3 Å². The van der Waals surface area contributed by atoms with E-state index in [4.69, 9.17) is 4.42 Å². The molecule has 2 aromatic heterocycles. The third-order valence-corrected chi connectivity index (χ3v) is 4.29. The van der Waals surface area contributed by atoms with Crippen LogP contribution in [0.5, 0.6) is 0 Å². The third-order valence-electron chi connectivity index (χ3n) is 4.29. The van der Waals surface area contributed by atoms with Crippen molar-refractivity contribution in [3.05, 3.63) is 58.7 Å². The fourth-order valence-electron chi connectivity index (χ4n) is 2.75. The first-order valence-electron chi connectivity index (χ1n) is 7.36. The summed E-state index contributed by atoms with van der Waals surface area (Å²) >= 11 is 0. The van der Waals surface area contributed by atoms with E-state index in [0.717, 1.165) is 22.4 Å². The summed E-state index contributed by atoms with van der Waals surface area (Å²) in [5.41, 5.74) is 4.25. The van der Waals surface area contributed by atoms with Crippen molar-refractivity contribution in [3.63, 3.8) is 0 Å². The smallest absolute Gasteiger partial charge is 0.251 e. The lowest BCUT2D eigenvalue weighted by Gasteiger charge is -2.04. The predicted molar refractivity (Wildman–Crippen MR) is 87.0 cm³/mol. The molecule has 3 rings (SSSR count). The highest BCUT2D eigenvalue weighted by atomic mass is 16.3. The molecule has 0 saturated heterocycles. The molecule has 4 nitrogen and oxygen atoms in total. The van der Waals surface area contributed by atoms with E-state index in [-0.39, 0.29) is 5.91 Å². The fraction of sp³-hybridized carbons (Fsp3) is 0.278. The molecule has 0 spiro atoms. The zero-order valence-electron chi connectivity index (χ0n) is 13.4. The topological polar surface area (TPSA) is 47.2 Å². The van der Waals surface area contributed by atoms with Crippen molar-refractivity contribution in [1.29, 1.82) is 0 Å². The maximum atomic E-state index is 12.3. The van der Waals surface area contributed by atoms with Gasteiger partial charge in [0.1, 0.15) is 11.5 Å². The molecule has 1 N–H and O–H groups in total. The van der Waals surface area contributed by atoms with Crippen LogP contribution in [0.4, 0.5) is 0 Å². The van der Waals surface area contributed by atoms with E-state index >= 15 is 0 Å². The number of fused-ring (bicyclic) bond motifs is 1. The van der Waals surface area contributed by atoms with Crippen LogP contribution in [-0.4, -0.2) is 10.5 Å². The van der Waals surface area contributed by atoms with Crippen molar-refractivity contribution in [1.82, 2.24) is 9.88 Å². The molecule has 4 heteroatoms. The van der Waals surface area contributed by atoms with Gasteiger partial charge in [-0.1, -0.05) is 0 Å². The molecule has 0 aliphatic carbocycles. The molecule has 3 aromatic rings. The number of nitrogens with zero attached hydrogens (tertiary/aromatic N) is 1. The number of furan rings is 1. The Labute approximate surface area is 129 Å². The van der Waals surface area contributed by atoms with E-state index in [9.17, 15) is 4.79 Å². The van der Waals surface area contributed by atoms with Gasteiger partial charge >= 0.3 is 0 Å². The van der Waals surface area contributed by atoms with Crippen LogP contribution >= 0.6 is 0 Å². The number of rotatable bonds is 3. The summed E-state index contributed by atoms with van der Waals surface area (Å²) in [6.07, 6.45) is 0. The summed E-state index contributed by atoms with van der Waals surface area (Å²) < 4.78 is 7.61. The van der Waals surface area contributed by atoms with Crippen LogP contribution in [0.2, 0.25) is 0 Å². The average molecular weight is 296 g/mol. The average Bonchev–Trinajstić information content (AvgIpc) is 3.03. The van der Waals surface area contributed by atoms with Gasteiger partial charge in [-0.2, -0.15) is 0 Å². The van der Waals surface area contributed by atoms with Crippen LogP contribution in [-0.2, 0) is 13.6 Å². The molecule has 22 heavy (non-hydrogen) atoms. The Morgan fingerprint density at radius 3 is 2.64 bits per heavy atom. The number of carbonyl (C=O) groups is 1. The van der Waals surface area contributed by atoms with E-state index < -0.39 is 0 Å². The summed E-state index contributed by atoms with van der Waals surface area (Å²) in [4.78, 5) is 12.3. The number of amides is 1. The summed E-state index contributed by atoms with van der Waals surface area (Å²) in [7, 11) is 2.05. The lowest BCUT2D eigenvalue weighted by Crippen LogP contribution is -2.22. The molecule has 114 valence electrons. The number of aryl methyl sites for hydroxylation is 3. The molecular formula is C18H20N2O2. The van der Waals surface area contributed by atoms with Crippen LogP contribution < -0.4 is 5.32 Å². The first-order valence-corrected chi connectivity index (χ1v) is 7.36. The Morgan fingerprint density at radius 1 is 1.18 bits per heavy atom. The number of benzene rings is 1. The summed E-state index contributed by atoms with van der Waals surface area (Å²) in [5, 5.41) is 4.02. The van der Waals surface area contributed by atoms with Crippen molar-refractivity contribution in [2.75, 3.05) is 0 Å². The molecule has 0 saturated carbocycles. The van der Waals surface area contributed by atoms with Crippen molar-refractivity contribution in [2.45, 2.75) is 27.3 Å². The minimum Gasteiger partial charge on any atom is -0.465 e. The fourth-order valence-corrected chi connectivity index (χ4v) is 2.75. The molecule has 0 radical (unpaired) electrons. The zero-order valence-corrected chi connectivity index (χ0v) is 13.4. The monoisotopic (exact) mass is 296 g/mol. The number of nitrogens with one attached hydrogen (secondary N) is 1. The number of aromatic nitrogens is 1. The molecule has 0 bridgehead atoms. The van der Waals surface area contributed by atoms with Crippen molar-refractivity contribution in [2.24, 2.45) is 7.05 Å². The van der Waals surface area contributed by atoms with Gasteiger partial charge in [0.2, 0.25) is 0 Å². The van der Waals surface area contributed by atoms with Gasteiger partial charge in [0.25, 0.3) is 5.91 Å². The van der Waals surface area contributed by atoms with Gasteiger partial charge in [0.05, 0.1) is 6.54 Å². The third kappa shape index (κ3) is 2.41. The van der Waals surface area contributed by atoms with Gasteiger partial charge in [0, 0.05) is 29.2 Å². The Morgan fingerprint density at radius 2 is 1.95 bits per heavy atom. The first-order chi connectivity index (χ1) is 10.5. The Kier molecular flexibility index (Phi) is 3.53. The van der Waals surface area contributed by atoms with Gasteiger partial charge in [-0.15, -0.1) is 0 Å². The van der Waals surface area contributed by atoms with Crippen LogP contribution in [0.3, 0.4) is 0 Å². The quantitative estimate of drug-likeness (QED) is 0.802. The second-order valence-corrected chi connectivity index (χ2v) is 5.70. The van der Waals surface area contributed by atoms with E-state index in [1.807, 2.05) is 44.3 Å². The minimum absolute atomic E-state index is 0.0862. The molecule has 0 atom stereocenters. The maximum absolute atomic E-state index is 12.3. The first kappa shape index (κ1) is 14.4. The number of hydrogen-bond acceptors (Lipinski definition) is 2. The molecule has 0 fully saturated rings. The van der Waals surface area contributed by atoms with Crippen molar-refractivity contribution in [3.8, 4) is 0 Å². The van der Waals surface area contributed by atoms with Gasteiger partial charge in [-0.05, 0) is 56.7 Å². The van der Waals surface area contributed by atoms with Crippen molar-refractivity contribution >= 4 is 16.8 Å². The van der Waals surface area contributed by atoms with Gasteiger partial charge in [-0.3, -0.25) is 4.79 Å². The largest absolute Gasteiger partial charge is 0.465 e. The molecule has 0 aliphatic rings. The minimum atomic E-state index is -0.0862. The molecule has 2 heterocycles. The lowest BCUT2D eigenvalue weighted by molar-refractivity contribution is 0.0948. The molecular weight excluding hydrogens is 276 g/mol. The summed E-state index contributed by atoms with van der Waals surface area (Å²) in [6, 6.07) is 9.60. The summed E-state index contributed by atoms with van der Waals surface area (Å²) in [5.74, 6) is 1.52. The predicted octanol–water partition coefficient (Wildman–Crippen LogP) is 3.63. The van der Waals surface area contributed by atoms with E-state index in [0.29, 0.717) is 12.1 Å². The second kappa shape index (κ2) is 5.37. The van der Waals surface area contributed by atoms with E-state index in [1.54, 1.807) is 0 Å². The van der Waals surface area contributed by atoms with E-state index in [2.05, 4.69) is 23.7 Å². The normalized spacial score (nSPS) is 11.1. The molecule has 1 amide bonds. The highest BCUT2D eigenvalue weighted by Gasteiger charge is 2.12. The standard InChI is InChI=1S/C18H20N2O2/c1-11-5-7-15(22-11)10-19-18(21)14-6-8-17-16(9-14)12(2)13(3)20(17)4/h5-9H,10H2,1-4H3,(H,19,21). The molecule has 1 aromatic carbocycles. The molecule has 0 aliphatic heterocycles. The van der Waals surface area contributed by atoms with Crippen LogP contribution in [0, 0.1) is 20.8 Å². The van der Waals surface area contributed by atoms with Crippen LogP contribution in [0.1, 0.15) is 33.1 Å². The SMILES string of the molecule is Cc1ccc(CNC(=O)c2ccc3c(c2)c(C)c(C)n3C)o1. The Bertz CT molecular complexity index is 855. The highest BCUT2D eigenvalue weighted by Crippen LogP contribution is 2.25. The Balaban J connectivity index is 1.83. The van der Waals surface area contributed by atoms with E-state index in [1.165, 1.54) is 11.3 Å². The second-order valence-electron chi connectivity index (χ2n) is 5.70. The van der Waals surface area contributed by atoms with Gasteiger partial charge in [0.15, 0.2) is 0 Å². The lowest BCUT2D eigenvalue weighted by atomic mass is 10.1. The van der Waals surface area contributed by atoms with Crippen LogP contribution in [0.15, 0.2) is 34.7 Å². The highest BCUT2D eigenvalue weighted by molar-refractivity contribution is 5.99. The number of carbonyl (C=O) groups excluding carboxylic acids is 1. The zero-order chi connectivity index (χ0) is 15.9. The number of hydrogen-bond donors (Lipinski definition) is 1. The maximum Gasteiger partial charge on any atom is 0.251 e. The molecule has 0 unspecified atom stereocenters. The van der Waals surface area contributed by atoms with Gasteiger partial charge in [-0.25, -0.2) is 0 Å².